The number of carbonyl (C=O) groups excluding carboxylic acids is 3. The van der Waals surface area contributed by atoms with Crippen LogP contribution in [-0.2, 0) is 33.8 Å². The Balaban J connectivity index is 1.49. The molecule has 2 aliphatic heterocycles. The van der Waals surface area contributed by atoms with Crippen LogP contribution < -0.4 is 25.4 Å². The molecule has 0 spiro atoms. The van der Waals surface area contributed by atoms with E-state index >= 15 is 0 Å². The molecule has 3 amide bonds. The molecule has 258 valence electrons. The van der Waals surface area contributed by atoms with Crippen LogP contribution in [0.3, 0.4) is 0 Å². The molecule has 4 bridgehead atoms. The van der Waals surface area contributed by atoms with Crippen LogP contribution in [0, 0.1) is 0 Å². The smallest absolute Gasteiger partial charge is 0.407 e. The fourth-order valence-electron chi connectivity index (χ4n) is 5.11. The molecule has 9 nitrogen and oxygen atoms in total. The Hall–Kier alpha value is -3.09. The number of fused-ring (bicyclic) bond motifs is 11. The highest BCUT2D eigenvalue weighted by molar-refractivity contribution is 9.11. The van der Waals surface area contributed by atoms with E-state index in [1.165, 1.54) is 0 Å². The summed E-state index contributed by atoms with van der Waals surface area (Å²) in [6.45, 7) is 6.65. The zero-order valence-electron chi connectivity index (χ0n) is 27.4. The van der Waals surface area contributed by atoms with Gasteiger partial charge in [0.25, 0.3) is 0 Å². The van der Waals surface area contributed by atoms with Gasteiger partial charge in [0, 0.05) is 36.4 Å². The Morgan fingerprint density at radius 2 is 1.69 bits per heavy atom. The maximum absolute atomic E-state index is 13.1. The SMILES string of the molecule is CC(C)(C)OC(=O)NCCCC[C@H]1CC(=O)NCCc2cc(Br)c(OCc3ccccc3)c(c2)Oc2cc(Br)c(cc2Br)CCC(=O)N1. The van der Waals surface area contributed by atoms with Gasteiger partial charge in [0.1, 0.15) is 18.0 Å². The number of rotatable bonds is 8. The van der Waals surface area contributed by atoms with Gasteiger partial charge in [-0.15, -0.1) is 0 Å². The number of ether oxygens (including phenoxy) is 3. The molecule has 0 saturated heterocycles. The second-order valence-electron chi connectivity index (χ2n) is 12.6. The number of hydrogen-bond donors (Lipinski definition) is 3. The first-order valence-corrected chi connectivity index (χ1v) is 18.4. The van der Waals surface area contributed by atoms with Gasteiger partial charge < -0.3 is 30.2 Å². The summed E-state index contributed by atoms with van der Waals surface area (Å²) in [5, 5.41) is 8.83. The van der Waals surface area contributed by atoms with Crippen molar-refractivity contribution >= 4 is 65.7 Å². The summed E-state index contributed by atoms with van der Waals surface area (Å²) < 4.78 is 20.3. The van der Waals surface area contributed by atoms with Crippen LogP contribution in [0.5, 0.6) is 17.2 Å². The maximum atomic E-state index is 13.1. The van der Waals surface area contributed by atoms with Crippen molar-refractivity contribution in [1.82, 2.24) is 16.0 Å². The Bertz CT molecular complexity index is 1580. The molecule has 0 saturated carbocycles. The van der Waals surface area contributed by atoms with Gasteiger partial charge in [0.15, 0.2) is 11.5 Å². The van der Waals surface area contributed by atoms with E-state index in [0.717, 1.165) is 30.1 Å². The Kier molecular flexibility index (Phi) is 14.2. The first kappa shape index (κ1) is 37.7. The van der Waals surface area contributed by atoms with Crippen molar-refractivity contribution in [2.24, 2.45) is 0 Å². The summed E-state index contributed by atoms with van der Waals surface area (Å²) in [6, 6.07) is 17.3. The number of hydrogen-bond acceptors (Lipinski definition) is 6. The van der Waals surface area contributed by atoms with Crippen LogP contribution in [0.2, 0.25) is 0 Å². The third-order valence-electron chi connectivity index (χ3n) is 7.42. The molecular weight excluding hydrogens is 810 g/mol. The fourth-order valence-corrected chi connectivity index (χ4v) is 6.70. The fraction of sp³-hybridized carbons (Fsp3) is 0.417. The number of alkyl carbamates (subject to hydrolysis) is 1. The highest BCUT2D eigenvalue weighted by Crippen LogP contribution is 2.43. The predicted molar refractivity (Wildman–Crippen MR) is 197 cm³/mol. The zero-order valence-corrected chi connectivity index (χ0v) is 32.2. The quantitative estimate of drug-likeness (QED) is 0.196. The summed E-state index contributed by atoms with van der Waals surface area (Å²) in [7, 11) is 0. The van der Waals surface area contributed by atoms with Gasteiger partial charge in [-0.25, -0.2) is 4.79 Å². The molecule has 2 aliphatic rings. The summed E-state index contributed by atoms with van der Waals surface area (Å²) in [5.41, 5.74) is 2.34. The molecule has 0 aromatic heterocycles. The molecule has 2 heterocycles. The monoisotopic (exact) mass is 849 g/mol. The number of nitrogens with one attached hydrogen (secondary N) is 3. The summed E-state index contributed by atoms with van der Waals surface area (Å²) in [4.78, 5) is 38.1. The van der Waals surface area contributed by atoms with Crippen LogP contribution in [0.1, 0.15) is 69.6 Å². The topological polar surface area (TPSA) is 115 Å². The first-order valence-electron chi connectivity index (χ1n) is 16.0. The molecule has 1 atom stereocenters. The van der Waals surface area contributed by atoms with Crippen molar-refractivity contribution in [2.75, 3.05) is 13.1 Å². The minimum absolute atomic E-state index is 0.135. The van der Waals surface area contributed by atoms with E-state index < -0.39 is 11.7 Å². The van der Waals surface area contributed by atoms with E-state index in [2.05, 4.69) is 63.7 Å². The lowest BCUT2D eigenvalue weighted by atomic mass is 10.0. The summed E-state index contributed by atoms with van der Waals surface area (Å²) >= 11 is 11.0. The standard InChI is InChI=1S/C36H42Br3N3O6/c1-36(2,3)48-35(45)41-15-8-7-11-26-20-33(44)40-16-14-24-17-29(39)34(46-22-23-9-5-4-6-10-23)31(18-24)47-30-21-27(37)25(19-28(30)38)12-13-32(43)42-26/h4-6,9-10,17-19,21,26H,7-8,11-16,20,22H2,1-3H3,(H,40,44)(H,41,45)(H,42,43)/t26-/m0/s1. The maximum Gasteiger partial charge on any atom is 0.407 e. The van der Waals surface area contributed by atoms with Gasteiger partial charge in [-0.1, -0.05) is 46.3 Å². The third-order valence-corrected chi connectivity index (χ3v) is 9.36. The van der Waals surface area contributed by atoms with E-state index in [-0.39, 0.29) is 30.7 Å². The van der Waals surface area contributed by atoms with Gasteiger partial charge in [-0.2, -0.15) is 0 Å². The summed E-state index contributed by atoms with van der Waals surface area (Å²) in [5.74, 6) is 1.40. The molecular formula is C36H42Br3N3O6. The van der Waals surface area contributed by atoms with E-state index in [9.17, 15) is 14.4 Å². The van der Waals surface area contributed by atoms with Crippen LogP contribution in [-0.4, -0.2) is 42.6 Å². The van der Waals surface area contributed by atoms with Crippen LogP contribution in [0.25, 0.3) is 0 Å². The van der Waals surface area contributed by atoms with E-state index in [0.29, 0.717) is 69.0 Å². The second kappa shape index (κ2) is 18.1. The molecule has 3 aromatic carbocycles. The third kappa shape index (κ3) is 12.4. The lowest BCUT2D eigenvalue weighted by Crippen LogP contribution is -2.40. The van der Waals surface area contributed by atoms with E-state index in [1.807, 2.05) is 75.4 Å². The molecule has 0 unspecified atom stereocenters. The average molecular weight is 852 g/mol. The molecule has 3 aromatic rings. The van der Waals surface area contributed by atoms with Crippen LogP contribution in [0.4, 0.5) is 4.79 Å². The van der Waals surface area contributed by atoms with Gasteiger partial charge in [-0.3, -0.25) is 9.59 Å². The number of carbonyl (C=O) groups is 3. The largest absolute Gasteiger partial charge is 0.484 e. The normalized spacial score (nSPS) is 15.8. The van der Waals surface area contributed by atoms with Gasteiger partial charge in [-0.05, 0) is 126 Å². The van der Waals surface area contributed by atoms with Crippen molar-refractivity contribution < 1.29 is 28.6 Å². The van der Waals surface area contributed by atoms with Crippen molar-refractivity contribution in [1.29, 1.82) is 0 Å². The Morgan fingerprint density at radius 3 is 2.44 bits per heavy atom. The van der Waals surface area contributed by atoms with Gasteiger partial charge >= 0.3 is 6.09 Å². The van der Waals surface area contributed by atoms with E-state index in [1.54, 1.807) is 0 Å². The van der Waals surface area contributed by atoms with Crippen molar-refractivity contribution in [3.05, 3.63) is 84.7 Å². The summed E-state index contributed by atoms with van der Waals surface area (Å²) in [6.07, 6.45) is 2.96. The zero-order chi connectivity index (χ0) is 34.7. The number of amides is 3. The highest BCUT2D eigenvalue weighted by Gasteiger charge is 2.20. The van der Waals surface area contributed by atoms with Crippen molar-refractivity contribution in [3.8, 4) is 17.2 Å². The van der Waals surface area contributed by atoms with Gasteiger partial charge in [0.05, 0.1) is 8.95 Å². The Morgan fingerprint density at radius 1 is 0.917 bits per heavy atom. The molecule has 0 radical (unpaired) electrons. The van der Waals surface area contributed by atoms with E-state index in [4.69, 9.17) is 14.2 Å². The second-order valence-corrected chi connectivity index (χ2v) is 15.2. The first-order chi connectivity index (χ1) is 22.9. The number of halogens is 3. The highest BCUT2D eigenvalue weighted by atomic mass is 79.9. The number of unbranched alkanes of at least 4 members (excludes halogenated alkanes) is 1. The molecule has 12 heteroatoms. The van der Waals surface area contributed by atoms with Crippen LogP contribution in [0.15, 0.2) is 68.0 Å². The molecule has 0 aliphatic carbocycles. The number of aryl methyl sites for hydroxylation is 1. The lowest BCUT2D eigenvalue weighted by molar-refractivity contribution is -0.123. The number of benzene rings is 3. The minimum Gasteiger partial charge on any atom is -0.484 e. The molecule has 0 fully saturated rings. The lowest BCUT2D eigenvalue weighted by Gasteiger charge is -2.21. The van der Waals surface area contributed by atoms with Gasteiger partial charge in [0.2, 0.25) is 11.8 Å². The average Bonchev–Trinajstić information content (AvgIpc) is 3.00. The molecule has 3 N–H and O–H groups in total. The van der Waals surface area contributed by atoms with Crippen molar-refractivity contribution in [2.45, 2.75) is 84.0 Å². The Labute approximate surface area is 307 Å². The molecule has 48 heavy (non-hydrogen) atoms. The molecule has 5 rings (SSSR count). The van der Waals surface area contributed by atoms with Crippen molar-refractivity contribution in [3.63, 3.8) is 0 Å². The minimum atomic E-state index is -0.565. The van der Waals surface area contributed by atoms with Crippen LogP contribution >= 0.6 is 47.8 Å². The predicted octanol–water partition coefficient (Wildman–Crippen LogP) is 8.52.